The van der Waals surface area contributed by atoms with Crippen molar-refractivity contribution in [1.29, 1.82) is 0 Å². The minimum atomic E-state index is 0.0953. The highest BCUT2D eigenvalue weighted by atomic mass is 35.5. The van der Waals surface area contributed by atoms with Crippen molar-refractivity contribution in [3.63, 3.8) is 0 Å². The normalized spacial score (nSPS) is 14.1. The standard InChI is InChI=1S/C16H24ClN3O/c1-4-20(11-16(21)19(2)3)15-9-13(17)6-5-12(15)10-18-14-7-8-14/h5-6,9,14,18H,4,7-8,10-11H2,1-3H3. The van der Waals surface area contributed by atoms with Crippen molar-refractivity contribution in [2.45, 2.75) is 32.4 Å². The maximum absolute atomic E-state index is 12.0. The van der Waals surface area contributed by atoms with Crippen molar-refractivity contribution in [3.8, 4) is 0 Å². The molecule has 0 unspecified atom stereocenters. The lowest BCUT2D eigenvalue weighted by Gasteiger charge is -2.27. The van der Waals surface area contributed by atoms with Crippen LogP contribution in [-0.4, -0.2) is 44.0 Å². The van der Waals surface area contributed by atoms with E-state index in [0.717, 1.165) is 18.8 Å². The van der Waals surface area contributed by atoms with Gasteiger partial charge in [0.25, 0.3) is 0 Å². The van der Waals surface area contributed by atoms with Crippen LogP contribution in [0.25, 0.3) is 0 Å². The van der Waals surface area contributed by atoms with Gasteiger partial charge in [-0.25, -0.2) is 0 Å². The Hall–Kier alpha value is -1.26. The summed E-state index contributed by atoms with van der Waals surface area (Å²) in [6, 6.07) is 6.58. The van der Waals surface area contributed by atoms with Gasteiger partial charge in [-0.1, -0.05) is 17.7 Å². The summed E-state index contributed by atoms with van der Waals surface area (Å²) in [5.41, 5.74) is 2.24. The van der Waals surface area contributed by atoms with Gasteiger partial charge in [-0.15, -0.1) is 0 Å². The zero-order chi connectivity index (χ0) is 15.4. The molecule has 0 spiro atoms. The summed E-state index contributed by atoms with van der Waals surface area (Å²) in [4.78, 5) is 15.7. The molecule has 1 saturated carbocycles. The molecule has 2 rings (SSSR count). The molecule has 1 aromatic rings. The van der Waals surface area contributed by atoms with E-state index in [0.29, 0.717) is 17.6 Å². The van der Waals surface area contributed by atoms with Gasteiger partial charge in [-0.2, -0.15) is 0 Å². The Kier molecular flexibility index (Phi) is 5.48. The topological polar surface area (TPSA) is 35.6 Å². The fourth-order valence-electron chi connectivity index (χ4n) is 2.19. The number of carbonyl (C=O) groups excluding carboxylic acids is 1. The van der Waals surface area contributed by atoms with Crippen LogP contribution in [0.4, 0.5) is 5.69 Å². The highest BCUT2D eigenvalue weighted by molar-refractivity contribution is 6.30. The van der Waals surface area contributed by atoms with Crippen molar-refractivity contribution in [2.75, 3.05) is 32.1 Å². The van der Waals surface area contributed by atoms with Crippen LogP contribution in [-0.2, 0) is 11.3 Å². The average molecular weight is 310 g/mol. The van der Waals surface area contributed by atoms with Gasteiger partial charge in [0.1, 0.15) is 0 Å². The van der Waals surface area contributed by atoms with Crippen molar-refractivity contribution in [3.05, 3.63) is 28.8 Å². The first kappa shape index (κ1) is 16.1. The Labute approximate surface area is 132 Å². The number of rotatable bonds is 7. The first-order valence-corrected chi connectivity index (χ1v) is 7.86. The predicted octanol–water partition coefficient (Wildman–Crippen LogP) is 2.51. The molecule has 0 aromatic heterocycles. The maximum Gasteiger partial charge on any atom is 0.241 e. The Balaban J connectivity index is 2.16. The van der Waals surface area contributed by atoms with Crippen LogP contribution in [0.2, 0.25) is 5.02 Å². The molecule has 4 nitrogen and oxygen atoms in total. The highest BCUT2D eigenvalue weighted by Crippen LogP contribution is 2.26. The molecule has 1 aromatic carbocycles. The number of carbonyl (C=O) groups is 1. The molecule has 116 valence electrons. The summed E-state index contributed by atoms with van der Waals surface area (Å²) in [7, 11) is 3.56. The monoisotopic (exact) mass is 309 g/mol. The van der Waals surface area contributed by atoms with Crippen LogP contribution in [0, 0.1) is 0 Å². The largest absolute Gasteiger partial charge is 0.362 e. The Morgan fingerprint density at radius 1 is 1.38 bits per heavy atom. The molecular weight excluding hydrogens is 286 g/mol. The zero-order valence-corrected chi connectivity index (χ0v) is 13.8. The van der Waals surface area contributed by atoms with Gasteiger partial charge in [0.2, 0.25) is 5.91 Å². The molecule has 21 heavy (non-hydrogen) atoms. The van der Waals surface area contributed by atoms with E-state index < -0.39 is 0 Å². The van der Waals surface area contributed by atoms with Gasteiger partial charge >= 0.3 is 0 Å². The molecule has 0 bridgehead atoms. The number of benzene rings is 1. The molecule has 5 heteroatoms. The second-order valence-corrected chi connectivity index (χ2v) is 6.17. The minimum Gasteiger partial charge on any atom is -0.362 e. The average Bonchev–Trinajstić information content (AvgIpc) is 3.27. The van der Waals surface area contributed by atoms with E-state index in [1.807, 2.05) is 12.1 Å². The Morgan fingerprint density at radius 2 is 2.10 bits per heavy atom. The van der Waals surface area contributed by atoms with Crippen LogP contribution in [0.1, 0.15) is 25.3 Å². The fourth-order valence-corrected chi connectivity index (χ4v) is 2.36. The molecule has 1 aliphatic carbocycles. The lowest BCUT2D eigenvalue weighted by Crippen LogP contribution is -2.37. The summed E-state index contributed by atoms with van der Waals surface area (Å²) in [6.07, 6.45) is 2.53. The third kappa shape index (κ3) is 4.61. The number of halogens is 1. The summed E-state index contributed by atoms with van der Waals surface area (Å²) < 4.78 is 0. The summed E-state index contributed by atoms with van der Waals surface area (Å²) in [6.45, 7) is 4.03. The highest BCUT2D eigenvalue weighted by Gasteiger charge is 2.21. The lowest BCUT2D eigenvalue weighted by atomic mass is 10.1. The third-order valence-corrected chi connectivity index (χ3v) is 3.99. The van der Waals surface area contributed by atoms with Crippen molar-refractivity contribution in [1.82, 2.24) is 10.2 Å². The number of hydrogen-bond acceptors (Lipinski definition) is 3. The number of anilines is 1. The number of amides is 1. The van der Waals surface area contributed by atoms with E-state index in [1.54, 1.807) is 19.0 Å². The second-order valence-electron chi connectivity index (χ2n) is 5.73. The van der Waals surface area contributed by atoms with Gasteiger partial charge in [-0.05, 0) is 37.5 Å². The number of nitrogens with one attached hydrogen (secondary N) is 1. The molecule has 0 saturated heterocycles. The van der Waals surface area contributed by atoms with Crippen LogP contribution in [0.5, 0.6) is 0 Å². The van der Waals surface area contributed by atoms with E-state index >= 15 is 0 Å². The van der Waals surface area contributed by atoms with Crippen LogP contribution in [0.15, 0.2) is 18.2 Å². The van der Waals surface area contributed by atoms with E-state index in [2.05, 4.69) is 23.2 Å². The van der Waals surface area contributed by atoms with Gasteiger partial charge in [0, 0.05) is 43.9 Å². The van der Waals surface area contributed by atoms with Crippen LogP contribution >= 0.6 is 11.6 Å². The molecule has 1 amide bonds. The smallest absolute Gasteiger partial charge is 0.241 e. The molecule has 0 radical (unpaired) electrons. The van der Waals surface area contributed by atoms with Gasteiger partial charge in [-0.3, -0.25) is 4.79 Å². The second kappa shape index (κ2) is 7.14. The van der Waals surface area contributed by atoms with Gasteiger partial charge in [0.05, 0.1) is 6.54 Å². The fraction of sp³-hybridized carbons (Fsp3) is 0.562. The van der Waals surface area contributed by atoms with Gasteiger partial charge in [0.15, 0.2) is 0 Å². The van der Waals surface area contributed by atoms with Crippen molar-refractivity contribution >= 4 is 23.2 Å². The molecule has 0 aliphatic heterocycles. The van der Waals surface area contributed by atoms with E-state index in [4.69, 9.17) is 11.6 Å². The summed E-state index contributed by atoms with van der Waals surface area (Å²) in [5, 5.41) is 4.23. The van der Waals surface area contributed by atoms with Crippen molar-refractivity contribution in [2.24, 2.45) is 0 Å². The molecular formula is C16H24ClN3O. The molecule has 1 fully saturated rings. The Morgan fingerprint density at radius 3 is 2.67 bits per heavy atom. The number of hydrogen-bond donors (Lipinski definition) is 1. The van der Waals surface area contributed by atoms with Crippen LogP contribution in [0.3, 0.4) is 0 Å². The number of likely N-dealkylation sites (N-methyl/N-ethyl adjacent to an activating group) is 2. The quantitative estimate of drug-likeness (QED) is 0.840. The van der Waals surface area contributed by atoms with Crippen LogP contribution < -0.4 is 10.2 Å². The summed E-state index contributed by atoms with van der Waals surface area (Å²) >= 11 is 6.15. The molecule has 1 aliphatic rings. The molecule has 0 heterocycles. The number of nitrogens with zero attached hydrogens (tertiary/aromatic N) is 2. The first-order chi connectivity index (χ1) is 10.0. The summed E-state index contributed by atoms with van der Waals surface area (Å²) in [5.74, 6) is 0.0953. The molecule has 1 N–H and O–H groups in total. The third-order valence-electron chi connectivity index (χ3n) is 3.75. The first-order valence-electron chi connectivity index (χ1n) is 7.48. The zero-order valence-electron chi connectivity index (χ0n) is 13.0. The van der Waals surface area contributed by atoms with E-state index in [-0.39, 0.29) is 5.91 Å². The lowest BCUT2D eigenvalue weighted by molar-refractivity contribution is -0.127. The predicted molar refractivity (Wildman–Crippen MR) is 87.9 cm³/mol. The van der Waals surface area contributed by atoms with Gasteiger partial charge < -0.3 is 15.1 Å². The molecule has 0 atom stereocenters. The van der Waals surface area contributed by atoms with E-state index in [9.17, 15) is 4.79 Å². The maximum atomic E-state index is 12.0. The van der Waals surface area contributed by atoms with E-state index in [1.165, 1.54) is 18.4 Å². The Bertz CT molecular complexity index is 500. The minimum absolute atomic E-state index is 0.0953. The van der Waals surface area contributed by atoms with Crippen molar-refractivity contribution < 1.29 is 4.79 Å². The SMILES string of the molecule is CCN(CC(=O)N(C)C)c1cc(Cl)ccc1CNC1CC1.